The lowest BCUT2D eigenvalue weighted by molar-refractivity contribution is -0.205. The Morgan fingerprint density at radius 2 is 1.86 bits per heavy atom. The summed E-state index contributed by atoms with van der Waals surface area (Å²) in [4.78, 5) is 12.8. The van der Waals surface area contributed by atoms with Crippen LogP contribution >= 0.6 is 21.7 Å². The number of nitrogens with zero attached hydrogens (tertiary/aromatic N) is 1. The number of carbonyl (C=O) groups excluding carboxylic acids is 1. The molecule has 2 aliphatic rings. The Bertz CT molecular complexity index is 564. The van der Waals surface area contributed by atoms with Gasteiger partial charge in [0.1, 0.15) is 11.9 Å². The highest BCUT2D eigenvalue weighted by atomic mass is 35.7. The molecule has 3 nitrogen and oxygen atoms in total. The third-order valence-electron chi connectivity index (χ3n) is 4.12. The average Bonchev–Trinajstić information content (AvgIpc) is 2.39. The van der Waals surface area contributed by atoms with Crippen LogP contribution in [0.1, 0.15) is 12.8 Å². The predicted molar refractivity (Wildman–Crippen MR) is 76.9 cm³/mol. The zero-order valence-electron chi connectivity index (χ0n) is 11.4. The van der Waals surface area contributed by atoms with Gasteiger partial charge in [0.25, 0.3) is 0 Å². The lowest BCUT2D eigenvalue weighted by Gasteiger charge is -2.58. The van der Waals surface area contributed by atoms with E-state index in [4.69, 9.17) is 15.4 Å². The van der Waals surface area contributed by atoms with Gasteiger partial charge in [0, 0.05) is 23.4 Å². The molecule has 1 spiro atoms. The molecule has 120 valence electrons. The van der Waals surface area contributed by atoms with E-state index in [2.05, 4.69) is 0 Å². The van der Waals surface area contributed by atoms with Crippen molar-refractivity contribution in [1.82, 2.24) is 4.90 Å². The van der Waals surface area contributed by atoms with Gasteiger partial charge in [-0.05, 0) is 58.8 Å². The second kappa shape index (κ2) is 5.53. The lowest BCUT2D eigenvalue weighted by atomic mass is 9.61. The molecule has 3 rings (SSSR count). The number of carbonyl (C=O) groups is 1. The van der Waals surface area contributed by atoms with Crippen LogP contribution in [0.4, 0.5) is 13.2 Å². The molecular formula is C14H13ClF3NO2S. The highest BCUT2D eigenvalue weighted by molar-refractivity contribution is 8.21. The van der Waals surface area contributed by atoms with Crippen molar-refractivity contribution in [3.8, 4) is 5.75 Å². The number of amides is 1. The monoisotopic (exact) mass is 351 g/mol. The minimum atomic E-state index is -4.77. The SMILES string of the molecule is O=C(N1CC2(CC(Oc3ccc(SCl)cc3)C2)C1)C(F)(F)F. The molecule has 2 fully saturated rings. The van der Waals surface area contributed by atoms with Crippen molar-refractivity contribution in [2.45, 2.75) is 30.0 Å². The van der Waals surface area contributed by atoms with Gasteiger partial charge in [-0.3, -0.25) is 4.79 Å². The van der Waals surface area contributed by atoms with Crippen LogP contribution in [-0.2, 0) is 4.79 Å². The second-order valence-electron chi connectivity index (χ2n) is 5.86. The second-order valence-corrected chi connectivity index (χ2v) is 6.94. The minimum absolute atomic E-state index is 0.00218. The molecule has 1 aromatic rings. The van der Waals surface area contributed by atoms with E-state index < -0.39 is 12.1 Å². The van der Waals surface area contributed by atoms with Crippen molar-refractivity contribution in [3.63, 3.8) is 0 Å². The Hall–Kier alpha value is -1.08. The molecule has 0 radical (unpaired) electrons. The predicted octanol–water partition coefficient (Wildman–Crippen LogP) is 3.86. The number of benzene rings is 1. The summed E-state index contributed by atoms with van der Waals surface area (Å²) in [6.45, 7) is 0.347. The number of hydrogen-bond acceptors (Lipinski definition) is 3. The quantitative estimate of drug-likeness (QED) is 0.828. The maximum atomic E-state index is 12.3. The Morgan fingerprint density at radius 1 is 1.27 bits per heavy atom. The van der Waals surface area contributed by atoms with E-state index in [1.807, 2.05) is 24.3 Å². The molecule has 1 amide bonds. The standard InChI is InChI=1S/C14H13ClF3NO2S/c15-22-11-3-1-9(2-4-11)21-10-5-13(6-10)7-19(8-13)12(20)14(16,17)18/h1-4,10H,5-8H2. The van der Waals surface area contributed by atoms with Gasteiger partial charge in [-0.15, -0.1) is 0 Å². The van der Waals surface area contributed by atoms with Crippen LogP contribution in [0, 0.1) is 5.41 Å². The molecule has 0 aromatic heterocycles. The molecule has 0 unspecified atom stereocenters. The van der Waals surface area contributed by atoms with Crippen LogP contribution in [0.5, 0.6) is 5.75 Å². The summed E-state index contributed by atoms with van der Waals surface area (Å²) < 4.78 is 42.6. The largest absolute Gasteiger partial charge is 0.490 e. The molecule has 1 aliphatic carbocycles. The van der Waals surface area contributed by atoms with E-state index in [0.29, 0.717) is 12.8 Å². The van der Waals surface area contributed by atoms with Gasteiger partial charge < -0.3 is 9.64 Å². The average molecular weight is 352 g/mol. The van der Waals surface area contributed by atoms with E-state index in [1.54, 1.807) is 0 Å². The lowest BCUT2D eigenvalue weighted by Crippen LogP contribution is -2.67. The summed E-state index contributed by atoms with van der Waals surface area (Å²) >= 11 is 0. The summed E-state index contributed by atoms with van der Waals surface area (Å²) in [5, 5.41) is 0. The first-order chi connectivity index (χ1) is 10.3. The van der Waals surface area contributed by atoms with Crippen LogP contribution < -0.4 is 4.74 Å². The summed E-state index contributed by atoms with van der Waals surface area (Å²) in [6, 6.07) is 7.31. The van der Waals surface area contributed by atoms with Gasteiger partial charge in [-0.2, -0.15) is 13.2 Å². The van der Waals surface area contributed by atoms with Crippen LogP contribution in [-0.4, -0.2) is 36.2 Å². The summed E-state index contributed by atoms with van der Waals surface area (Å²) in [7, 11) is 6.74. The van der Waals surface area contributed by atoms with E-state index >= 15 is 0 Å². The molecule has 1 aliphatic heterocycles. The highest BCUT2D eigenvalue weighted by Gasteiger charge is 2.58. The summed E-state index contributed by atoms with van der Waals surface area (Å²) in [5.74, 6) is -1.02. The molecule has 1 heterocycles. The molecule has 0 bridgehead atoms. The smallest absolute Gasteiger partial charge is 0.471 e. The van der Waals surface area contributed by atoms with Crippen molar-refractivity contribution < 1.29 is 22.7 Å². The maximum Gasteiger partial charge on any atom is 0.471 e. The summed E-state index contributed by atoms with van der Waals surface area (Å²) in [5.41, 5.74) is -0.183. The molecule has 1 saturated heterocycles. The van der Waals surface area contributed by atoms with Gasteiger partial charge >= 0.3 is 12.1 Å². The van der Waals surface area contributed by atoms with Crippen molar-refractivity contribution >= 4 is 27.6 Å². The number of alkyl halides is 3. The van der Waals surface area contributed by atoms with Crippen molar-refractivity contribution in [2.24, 2.45) is 5.41 Å². The van der Waals surface area contributed by atoms with E-state index in [1.165, 1.54) is 0 Å². The van der Waals surface area contributed by atoms with Crippen molar-refractivity contribution in [3.05, 3.63) is 24.3 Å². The normalized spacial score (nSPS) is 20.5. The molecule has 1 aromatic carbocycles. The minimum Gasteiger partial charge on any atom is -0.490 e. The van der Waals surface area contributed by atoms with E-state index in [0.717, 1.165) is 26.5 Å². The first kappa shape index (κ1) is 15.8. The van der Waals surface area contributed by atoms with Crippen LogP contribution in [0.15, 0.2) is 29.2 Å². The Morgan fingerprint density at radius 3 is 2.36 bits per heavy atom. The molecule has 22 heavy (non-hydrogen) atoms. The van der Waals surface area contributed by atoms with Crippen molar-refractivity contribution in [2.75, 3.05) is 13.1 Å². The number of ether oxygens (including phenoxy) is 1. The van der Waals surface area contributed by atoms with Crippen LogP contribution in [0.3, 0.4) is 0 Å². The zero-order chi connectivity index (χ0) is 16.0. The number of likely N-dealkylation sites (tertiary alicyclic amines) is 1. The fourth-order valence-corrected chi connectivity index (χ4v) is 3.64. The topological polar surface area (TPSA) is 29.5 Å². The van der Waals surface area contributed by atoms with Crippen LogP contribution in [0.25, 0.3) is 0 Å². The number of hydrogen-bond donors (Lipinski definition) is 0. The van der Waals surface area contributed by atoms with E-state index in [9.17, 15) is 18.0 Å². The third-order valence-corrected chi connectivity index (χ3v) is 5.10. The fraction of sp³-hybridized carbons (Fsp3) is 0.500. The Balaban J connectivity index is 1.46. The van der Waals surface area contributed by atoms with Gasteiger partial charge in [0.15, 0.2) is 0 Å². The van der Waals surface area contributed by atoms with Crippen molar-refractivity contribution in [1.29, 1.82) is 0 Å². The number of halogens is 4. The molecule has 1 saturated carbocycles. The molecule has 0 atom stereocenters. The fourth-order valence-electron chi connectivity index (χ4n) is 3.10. The Labute approximate surface area is 134 Å². The van der Waals surface area contributed by atoms with Gasteiger partial charge in [-0.25, -0.2) is 0 Å². The molecule has 8 heteroatoms. The van der Waals surface area contributed by atoms with Crippen LogP contribution in [0.2, 0.25) is 0 Å². The maximum absolute atomic E-state index is 12.3. The zero-order valence-corrected chi connectivity index (χ0v) is 13.0. The molecular weight excluding hydrogens is 339 g/mol. The Kier molecular flexibility index (Phi) is 3.97. The van der Waals surface area contributed by atoms with Gasteiger partial charge in [0.2, 0.25) is 0 Å². The third kappa shape index (κ3) is 3.01. The molecule has 0 N–H and O–H groups in total. The first-order valence-corrected chi connectivity index (χ1v) is 8.37. The first-order valence-electron chi connectivity index (χ1n) is 6.73. The summed E-state index contributed by atoms with van der Waals surface area (Å²) in [6.07, 6.45) is -3.41. The van der Waals surface area contributed by atoms with E-state index in [-0.39, 0.29) is 24.6 Å². The highest BCUT2D eigenvalue weighted by Crippen LogP contribution is 2.50. The van der Waals surface area contributed by atoms with Gasteiger partial charge in [-0.1, -0.05) is 0 Å². The van der Waals surface area contributed by atoms with Gasteiger partial charge in [0.05, 0.1) is 0 Å². The number of rotatable bonds is 3.